The lowest BCUT2D eigenvalue weighted by atomic mass is 10.1. The van der Waals surface area contributed by atoms with E-state index in [9.17, 15) is 9.59 Å². The minimum Gasteiger partial charge on any atom is -0.496 e. The molecule has 7 heteroatoms. The number of hydrogen-bond acceptors (Lipinski definition) is 4. The van der Waals surface area contributed by atoms with E-state index in [1.807, 2.05) is 67.6 Å². The molecule has 0 radical (unpaired) electrons. The Morgan fingerprint density at radius 2 is 1.56 bits per heavy atom. The molecule has 4 aromatic rings. The van der Waals surface area contributed by atoms with Gasteiger partial charge in [0.05, 0.1) is 38.5 Å². The van der Waals surface area contributed by atoms with Gasteiger partial charge in [-0.15, -0.1) is 0 Å². The van der Waals surface area contributed by atoms with Crippen LogP contribution in [0.25, 0.3) is 10.9 Å². The summed E-state index contributed by atoms with van der Waals surface area (Å²) in [7, 11) is 3.14. The third kappa shape index (κ3) is 4.88. The number of aryl methyl sites for hydroxylation is 1. The second-order valence-electron chi connectivity index (χ2n) is 7.96. The van der Waals surface area contributed by atoms with Crippen molar-refractivity contribution in [1.29, 1.82) is 0 Å². The Balaban J connectivity index is 1.70. The van der Waals surface area contributed by atoms with Crippen LogP contribution in [0.15, 0.2) is 77.6 Å². The van der Waals surface area contributed by atoms with Gasteiger partial charge < -0.3 is 24.7 Å². The van der Waals surface area contributed by atoms with Gasteiger partial charge in [-0.25, -0.2) is 4.79 Å². The molecule has 3 aromatic carbocycles. The van der Waals surface area contributed by atoms with Crippen LogP contribution in [0.1, 0.15) is 16.7 Å². The van der Waals surface area contributed by atoms with Gasteiger partial charge in [0.1, 0.15) is 11.5 Å². The van der Waals surface area contributed by atoms with Crippen LogP contribution in [0.2, 0.25) is 0 Å². The van der Waals surface area contributed by atoms with Crippen LogP contribution in [0.3, 0.4) is 0 Å². The molecule has 0 fully saturated rings. The number of hydrogen-bond donors (Lipinski definition) is 2. The van der Waals surface area contributed by atoms with Crippen LogP contribution in [0.4, 0.5) is 10.5 Å². The summed E-state index contributed by atoms with van der Waals surface area (Å²) < 4.78 is 10.8. The number of carbonyl (C=O) groups is 1. The largest absolute Gasteiger partial charge is 0.496 e. The molecule has 0 aliphatic carbocycles. The minimum atomic E-state index is -0.362. The molecule has 174 valence electrons. The molecule has 34 heavy (non-hydrogen) atoms. The van der Waals surface area contributed by atoms with Gasteiger partial charge in [-0.2, -0.15) is 0 Å². The first kappa shape index (κ1) is 22.9. The summed E-state index contributed by atoms with van der Waals surface area (Å²) in [5.41, 5.74) is 3.42. The predicted molar refractivity (Wildman–Crippen MR) is 134 cm³/mol. The van der Waals surface area contributed by atoms with Crippen molar-refractivity contribution >= 4 is 22.6 Å². The molecular weight excluding hydrogens is 430 g/mol. The maximum absolute atomic E-state index is 13.4. The van der Waals surface area contributed by atoms with Crippen molar-refractivity contribution in [2.45, 2.75) is 20.0 Å². The van der Waals surface area contributed by atoms with E-state index in [1.165, 1.54) is 0 Å². The predicted octanol–water partition coefficient (Wildman–Crippen LogP) is 5.09. The lowest BCUT2D eigenvalue weighted by molar-refractivity contribution is 0.205. The summed E-state index contributed by atoms with van der Waals surface area (Å²) in [6.07, 6.45) is 0. The first-order chi connectivity index (χ1) is 16.5. The zero-order chi connectivity index (χ0) is 24.1. The number of benzene rings is 3. The minimum absolute atomic E-state index is 0.109. The monoisotopic (exact) mass is 457 g/mol. The Morgan fingerprint density at radius 1 is 0.882 bits per heavy atom. The highest BCUT2D eigenvalue weighted by molar-refractivity contribution is 5.91. The molecule has 4 rings (SSSR count). The number of aromatic amines is 1. The number of para-hydroxylation sites is 4. The summed E-state index contributed by atoms with van der Waals surface area (Å²) in [5.74, 6) is 1.22. The molecule has 2 N–H and O–H groups in total. The number of carbonyl (C=O) groups excluding carboxylic acids is 1. The fraction of sp³-hybridized carbons (Fsp3) is 0.185. The fourth-order valence-electron chi connectivity index (χ4n) is 3.93. The number of rotatable bonds is 7. The van der Waals surface area contributed by atoms with Crippen LogP contribution in [-0.4, -0.2) is 30.1 Å². The van der Waals surface area contributed by atoms with Gasteiger partial charge in [-0.1, -0.05) is 48.5 Å². The smallest absolute Gasteiger partial charge is 0.322 e. The first-order valence-corrected chi connectivity index (χ1v) is 10.9. The van der Waals surface area contributed by atoms with Crippen molar-refractivity contribution in [3.63, 3.8) is 0 Å². The summed E-state index contributed by atoms with van der Waals surface area (Å²) in [6.45, 7) is 2.31. The number of aromatic nitrogens is 1. The molecule has 2 amide bonds. The average molecular weight is 458 g/mol. The van der Waals surface area contributed by atoms with Crippen molar-refractivity contribution in [3.05, 3.63) is 99.8 Å². The maximum Gasteiger partial charge on any atom is 0.322 e. The van der Waals surface area contributed by atoms with E-state index in [0.29, 0.717) is 22.7 Å². The Kier molecular flexibility index (Phi) is 6.82. The molecule has 0 spiro atoms. The van der Waals surface area contributed by atoms with E-state index in [4.69, 9.17) is 9.47 Å². The maximum atomic E-state index is 13.4. The Morgan fingerprint density at radius 3 is 2.32 bits per heavy atom. The molecule has 0 saturated carbocycles. The second-order valence-corrected chi connectivity index (χ2v) is 7.96. The van der Waals surface area contributed by atoms with Gasteiger partial charge in [0.15, 0.2) is 0 Å². The lowest BCUT2D eigenvalue weighted by Crippen LogP contribution is -2.36. The molecule has 0 bridgehead atoms. The van der Waals surface area contributed by atoms with Crippen LogP contribution < -0.4 is 20.3 Å². The number of pyridine rings is 1. The van der Waals surface area contributed by atoms with Gasteiger partial charge in [-0.3, -0.25) is 4.79 Å². The van der Waals surface area contributed by atoms with Gasteiger partial charge in [0, 0.05) is 11.1 Å². The SMILES string of the molecule is COc1ccccc1CN(Cc1cc2cccc(C)c2[nH]c1=O)C(=O)Nc1ccccc1OC. The number of nitrogens with zero attached hydrogens (tertiary/aromatic N) is 1. The number of ether oxygens (including phenoxy) is 2. The molecule has 0 aliphatic heterocycles. The zero-order valence-electron chi connectivity index (χ0n) is 19.4. The van der Waals surface area contributed by atoms with E-state index >= 15 is 0 Å². The Labute approximate surface area is 197 Å². The topological polar surface area (TPSA) is 83.7 Å². The molecule has 0 unspecified atom stereocenters. The van der Waals surface area contributed by atoms with Crippen LogP contribution >= 0.6 is 0 Å². The van der Waals surface area contributed by atoms with Crippen molar-refractivity contribution in [1.82, 2.24) is 9.88 Å². The zero-order valence-corrected chi connectivity index (χ0v) is 19.4. The van der Waals surface area contributed by atoms with Gasteiger partial charge in [-0.05, 0) is 42.1 Å². The number of H-pyrrole nitrogens is 1. The van der Waals surface area contributed by atoms with Crippen LogP contribution in [0, 0.1) is 6.92 Å². The van der Waals surface area contributed by atoms with E-state index in [-0.39, 0.29) is 24.7 Å². The lowest BCUT2D eigenvalue weighted by Gasteiger charge is -2.24. The normalized spacial score (nSPS) is 10.7. The highest BCUT2D eigenvalue weighted by atomic mass is 16.5. The van der Waals surface area contributed by atoms with Gasteiger partial charge >= 0.3 is 6.03 Å². The molecule has 1 aromatic heterocycles. The van der Waals surface area contributed by atoms with E-state index in [0.717, 1.165) is 22.0 Å². The van der Waals surface area contributed by atoms with Crippen molar-refractivity contribution in [3.8, 4) is 11.5 Å². The molecule has 7 nitrogen and oxygen atoms in total. The number of nitrogens with one attached hydrogen (secondary N) is 2. The van der Waals surface area contributed by atoms with E-state index in [2.05, 4.69) is 10.3 Å². The molecule has 0 saturated heterocycles. The molecular formula is C27H27N3O4. The Bertz CT molecular complexity index is 1380. The second kappa shape index (κ2) is 10.1. The first-order valence-electron chi connectivity index (χ1n) is 10.9. The van der Waals surface area contributed by atoms with E-state index < -0.39 is 0 Å². The third-order valence-corrected chi connectivity index (χ3v) is 5.72. The van der Waals surface area contributed by atoms with Crippen molar-refractivity contribution in [2.24, 2.45) is 0 Å². The third-order valence-electron chi connectivity index (χ3n) is 5.72. The fourth-order valence-corrected chi connectivity index (χ4v) is 3.93. The van der Waals surface area contributed by atoms with Gasteiger partial charge in [0.2, 0.25) is 0 Å². The standard InChI is InChI=1S/C27H27N3O4/c1-18-9-8-11-19-15-21(26(31)29-25(18)19)17-30(16-20-10-4-6-13-23(20)33-2)27(32)28-22-12-5-7-14-24(22)34-3/h4-15H,16-17H2,1-3H3,(H,28,32)(H,29,31). The van der Waals surface area contributed by atoms with Crippen molar-refractivity contribution in [2.75, 3.05) is 19.5 Å². The summed E-state index contributed by atoms with van der Waals surface area (Å²) >= 11 is 0. The number of methoxy groups -OCH3 is 2. The number of amides is 2. The molecule has 1 heterocycles. The average Bonchev–Trinajstić information content (AvgIpc) is 2.85. The number of fused-ring (bicyclic) bond motifs is 1. The summed E-state index contributed by atoms with van der Waals surface area (Å²) in [5, 5.41) is 3.83. The Hall–Kier alpha value is -4.26. The van der Waals surface area contributed by atoms with Crippen molar-refractivity contribution < 1.29 is 14.3 Å². The van der Waals surface area contributed by atoms with E-state index in [1.54, 1.807) is 31.3 Å². The number of urea groups is 1. The van der Waals surface area contributed by atoms with Crippen LogP contribution in [0.5, 0.6) is 11.5 Å². The highest BCUT2D eigenvalue weighted by Crippen LogP contribution is 2.25. The highest BCUT2D eigenvalue weighted by Gasteiger charge is 2.20. The summed E-state index contributed by atoms with van der Waals surface area (Å²) in [6, 6.07) is 22.0. The quantitative estimate of drug-likeness (QED) is 0.405. The number of anilines is 1. The summed E-state index contributed by atoms with van der Waals surface area (Å²) in [4.78, 5) is 30.9. The van der Waals surface area contributed by atoms with Gasteiger partial charge in [0.25, 0.3) is 5.56 Å². The van der Waals surface area contributed by atoms with Crippen LogP contribution in [-0.2, 0) is 13.1 Å². The molecule has 0 atom stereocenters. The molecule has 0 aliphatic rings.